The number of anilines is 1. The summed E-state index contributed by atoms with van der Waals surface area (Å²) in [5, 5.41) is 15.1. The number of nitrogens with zero attached hydrogens (tertiary/aromatic N) is 2. The van der Waals surface area contributed by atoms with E-state index in [1.165, 1.54) is 0 Å². The van der Waals surface area contributed by atoms with Crippen molar-refractivity contribution in [1.29, 1.82) is 0 Å². The van der Waals surface area contributed by atoms with Gasteiger partial charge in [-0.1, -0.05) is 29.8 Å². The second kappa shape index (κ2) is 10.5. The maximum absolute atomic E-state index is 10.6. The van der Waals surface area contributed by atoms with E-state index in [0.717, 1.165) is 83.3 Å². The van der Waals surface area contributed by atoms with Crippen molar-refractivity contribution in [2.75, 3.05) is 25.0 Å². The molecule has 3 heterocycles. The summed E-state index contributed by atoms with van der Waals surface area (Å²) in [6, 6.07) is 18.1. The van der Waals surface area contributed by atoms with Crippen LogP contribution in [0.15, 0.2) is 66.9 Å². The van der Waals surface area contributed by atoms with Crippen LogP contribution in [-0.4, -0.2) is 40.2 Å². The van der Waals surface area contributed by atoms with Crippen LogP contribution in [0.25, 0.3) is 5.57 Å². The molecule has 37 heavy (non-hydrogen) atoms. The normalized spacial score (nSPS) is 18.5. The van der Waals surface area contributed by atoms with Crippen LogP contribution < -0.4 is 10.1 Å². The molecule has 1 fully saturated rings. The minimum Gasteiger partial charge on any atom is -0.487 e. The first-order chi connectivity index (χ1) is 17.7. The predicted octanol–water partition coefficient (Wildman–Crippen LogP) is 6.64. The monoisotopic (exact) mass is 517 g/mol. The summed E-state index contributed by atoms with van der Waals surface area (Å²) < 4.78 is 6.14. The fourth-order valence-electron chi connectivity index (χ4n) is 5.22. The molecule has 0 saturated carbocycles. The largest absolute Gasteiger partial charge is 0.487 e. The number of hydrogen-bond acceptors (Lipinski definition) is 5. The van der Waals surface area contributed by atoms with Crippen LogP contribution in [-0.2, 0) is 12.2 Å². The fourth-order valence-corrected chi connectivity index (χ4v) is 5.35. The lowest BCUT2D eigenvalue weighted by molar-refractivity contribution is 0.0785. The smallest absolute Gasteiger partial charge is 0.131 e. The summed E-state index contributed by atoms with van der Waals surface area (Å²) >= 11 is 6.04. The third-order valence-electron chi connectivity index (χ3n) is 7.56. The third kappa shape index (κ3) is 6.01. The van der Waals surface area contributed by atoms with Gasteiger partial charge in [0.1, 0.15) is 12.4 Å². The lowest BCUT2D eigenvalue weighted by atomic mass is 9.89. The molecular weight excluding hydrogens is 482 g/mol. The average Bonchev–Trinajstić information content (AvgIpc) is 3.03. The number of pyridine rings is 1. The summed E-state index contributed by atoms with van der Waals surface area (Å²) in [5.74, 6) is 0.833. The Morgan fingerprint density at radius 1 is 1.11 bits per heavy atom. The predicted molar refractivity (Wildman–Crippen MR) is 151 cm³/mol. The molecule has 0 unspecified atom stereocenters. The van der Waals surface area contributed by atoms with Gasteiger partial charge >= 0.3 is 0 Å². The van der Waals surface area contributed by atoms with Crippen molar-refractivity contribution in [2.45, 2.75) is 57.8 Å². The maximum atomic E-state index is 10.6. The number of ether oxygens (including phenoxy) is 1. The lowest BCUT2D eigenvalue weighted by Crippen LogP contribution is -2.47. The molecule has 194 valence electrons. The van der Waals surface area contributed by atoms with Gasteiger partial charge in [-0.15, -0.1) is 0 Å². The minimum atomic E-state index is -0.926. The Kier molecular flexibility index (Phi) is 7.30. The molecule has 3 aromatic rings. The number of halogens is 1. The Labute approximate surface area is 225 Å². The van der Waals surface area contributed by atoms with Gasteiger partial charge < -0.3 is 20.1 Å². The Morgan fingerprint density at radius 2 is 1.86 bits per heavy atom. The van der Waals surface area contributed by atoms with Crippen LogP contribution in [0.2, 0.25) is 5.02 Å². The lowest BCUT2D eigenvalue weighted by Gasteiger charge is -2.40. The number of benzene rings is 2. The Morgan fingerprint density at radius 3 is 2.59 bits per heavy atom. The van der Waals surface area contributed by atoms with Gasteiger partial charge in [0.25, 0.3) is 0 Å². The van der Waals surface area contributed by atoms with Crippen LogP contribution >= 0.6 is 11.6 Å². The van der Waals surface area contributed by atoms with Crippen molar-refractivity contribution in [1.82, 2.24) is 9.88 Å². The van der Waals surface area contributed by atoms with E-state index in [9.17, 15) is 5.11 Å². The zero-order valence-electron chi connectivity index (χ0n) is 21.9. The second-order valence-electron chi connectivity index (χ2n) is 11.0. The highest BCUT2D eigenvalue weighted by molar-refractivity contribution is 6.30. The molecule has 0 radical (unpaired) electrons. The van der Waals surface area contributed by atoms with Crippen LogP contribution in [0.4, 0.5) is 5.69 Å². The number of fused-ring (bicyclic) bond motifs is 2. The molecule has 0 spiro atoms. The topological polar surface area (TPSA) is 57.6 Å². The minimum absolute atomic E-state index is 0.0818. The molecule has 1 aromatic heterocycles. The molecular formula is C31H36ClN3O2. The summed E-state index contributed by atoms with van der Waals surface area (Å²) in [6.07, 6.45) is 7.25. The number of hydrogen-bond donors (Lipinski definition) is 2. The maximum Gasteiger partial charge on any atom is 0.131 e. The average molecular weight is 518 g/mol. The van der Waals surface area contributed by atoms with Gasteiger partial charge in [-0.2, -0.15) is 0 Å². The SMILES string of the molecule is CC1(Nc2ccc(Cl)cc2)CCN(CC/C=C2/c3cc(C(C)(C)O)ccc3OCc3ncccc32)CC1. The quantitative estimate of drug-likeness (QED) is 0.383. The van der Waals surface area contributed by atoms with Crippen molar-refractivity contribution in [3.8, 4) is 5.75 Å². The molecule has 6 heteroatoms. The highest BCUT2D eigenvalue weighted by Gasteiger charge is 2.30. The molecule has 2 aromatic carbocycles. The molecule has 5 rings (SSSR count). The zero-order chi connectivity index (χ0) is 26.0. The van der Waals surface area contributed by atoms with Crippen LogP contribution in [0, 0.1) is 0 Å². The molecule has 2 aliphatic rings. The molecule has 0 amide bonds. The zero-order valence-corrected chi connectivity index (χ0v) is 22.7. The standard InChI is InChI=1S/C31H36ClN3O2/c1-30(2,36)22-8-13-29-27(20-22)25(26-6-4-16-33-28(26)21-37-29)7-5-17-35-18-14-31(3,15-19-35)34-24-11-9-23(32)10-12-24/h4,6-13,16,20,34,36H,5,14-15,17-19,21H2,1-3H3/b25-7+. The number of aromatic nitrogens is 1. The Bertz CT molecular complexity index is 1270. The van der Waals surface area contributed by atoms with Gasteiger partial charge in [0.05, 0.1) is 11.3 Å². The van der Waals surface area contributed by atoms with E-state index >= 15 is 0 Å². The highest BCUT2D eigenvalue weighted by Crippen LogP contribution is 2.38. The van der Waals surface area contributed by atoms with Crippen LogP contribution in [0.3, 0.4) is 0 Å². The van der Waals surface area contributed by atoms with Crippen LogP contribution in [0.1, 0.15) is 62.4 Å². The van der Waals surface area contributed by atoms with Crippen molar-refractivity contribution < 1.29 is 9.84 Å². The van der Waals surface area contributed by atoms with Crippen LogP contribution in [0.5, 0.6) is 5.75 Å². The first kappa shape index (κ1) is 25.8. The van der Waals surface area contributed by atoms with E-state index in [0.29, 0.717) is 6.61 Å². The number of rotatable bonds is 6. The number of piperidine rings is 1. The van der Waals surface area contributed by atoms with E-state index in [1.807, 2.05) is 50.4 Å². The number of likely N-dealkylation sites (tertiary alicyclic amines) is 1. The van der Waals surface area contributed by atoms with E-state index < -0.39 is 5.60 Å². The van der Waals surface area contributed by atoms with Gasteiger partial charge in [-0.05, 0) is 93.6 Å². The number of nitrogens with one attached hydrogen (secondary N) is 1. The number of aliphatic hydroxyl groups is 1. The molecule has 2 N–H and O–H groups in total. The van der Waals surface area contributed by atoms with Crippen molar-refractivity contribution in [3.05, 3.63) is 94.3 Å². The van der Waals surface area contributed by atoms with Gasteiger partial charge in [0, 0.05) is 53.2 Å². The second-order valence-corrected chi connectivity index (χ2v) is 11.4. The van der Waals surface area contributed by atoms with Crippen molar-refractivity contribution in [3.63, 3.8) is 0 Å². The molecule has 0 aliphatic carbocycles. The molecule has 0 atom stereocenters. The summed E-state index contributed by atoms with van der Waals surface area (Å²) in [5.41, 5.74) is 5.35. The van der Waals surface area contributed by atoms with Crippen molar-refractivity contribution >= 4 is 22.9 Å². The summed E-state index contributed by atoms with van der Waals surface area (Å²) in [4.78, 5) is 7.15. The molecule has 0 bridgehead atoms. The van der Waals surface area contributed by atoms with E-state index in [2.05, 4.69) is 52.5 Å². The molecule has 1 saturated heterocycles. The summed E-state index contributed by atoms with van der Waals surface area (Å²) in [6.45, 7) is 9.49. The van der Waals surface area contributed by atoms with Gasteiger partial charge in [0.2, 0.25) is 0 Å². The summed E-state index contributed by atoms with van der Waals surface area (Å²) in [7, 11) is 0. The third-order valence-corrected chi connectivity index (χ3v) is 7.82. The van der Waals surface area contributed by atoms with Gasteiger partial charge in [-0.3, -0.25) is 4.98 Å². The first-order valence-electron chi connectivity index (χ1n) is 13.1. The van der Waals surface area contributed by atoms with Crippen molar-refractivity contribution in [2.24, 2.45) is 0 Å². The van der Waals surface area contributed by atoms with Gasteiger partial charge in [-0.25, -0.2) is 0 Å². The molecule has 2 aliphatic heterocycles. The first-order valence-corrected chi connectivity index (χ1v) is 13.5. The van der Waals surface area contributed by atoms with E-state index in [4.69, 9.17) is 16.3 Å². The Hall–Kier alpha value is -2.86. The van der Waals surface area contributed by atoms with E-state index in [1.54, 1.807) is 0 Å². The molecule has 5 nitrogen and oxygen atoms in total. The highest BCUT2D eigenvalue weighted by atomic mass is 35.5. The Balaban J connectivity index is 1.30. The van der Waals surface area contributed by atoms with Gasteiger partial charge in [0.15, 0.2) is 0 Å². The fraction of sp³-hybridized carbons (Fsp3) is 0.387. The van der Waals surface area contributed by atoms with E-state index in [-0.39, 0.29) is 5.54 Å².